The SMILES string of the molecule is COc1cccc2c1C(=O)c1c(O)c3c(c(O)c1C2=O)C[C@@](O)(C(=O)CO)C[C@@H]3OC1CC(NC(=O)OCc2ccc(NC(=O)[C@H](CCCCN)NC(=O)[C@H](Cc3ccccc3)NC(=O)OCc3ccccc3)cc2)C(O)C(C)O1. The number of phenolic OH excluding ortho intramolecular Hbond substituents is 2. The van der Waals surface area contributed by atoms with Crippen LogP contribution in [-0.4, -0.2) is 129 Å². The number of ketones is 3. The molecule has 1 fully saturated rings. The number of alkyl carbamates (subject to hydrolysis) is 2. The molecule has 0 spiro atoms. The van der Waals surface area contributed by atoms with Crippen LogP contribution in [0.5, 0.6) is 17.2 Å². The number of fused-ring (bicyclic) bond motifs is 3. The van der Waals surface area contributed by atoms with Crippen LogP contribution >= 0.6 is 0 Å². The summed E-state index contributed by atoms with van der Waals surface area (Å²) in [6, 6.07) is 25.4. The molecule has 0 radical (unpaired) electrons. The van der Waals surface area contributed by atoms with Gasteiger partial charge in [-0.05, 0) is 67.6 Å². The van der Waals surface area contributed by atoms with E-state index in [0.717, 1.165) is 11.1 Å². The summed E-state index contributed by atoms with van der Waals surface area (Å²) in [6.07, 6.45) is -7.17. The van der Waals surface area contributed by atoms with Gasteiger partial charge in [0.2, 0.25) is 17.6 Å². The van der Waals surface area contributed by atoms with Gasteiger partial charge in [-0.3, -0.25) is 24.0 Å². The van der Waals surface area contributed by atoms with Gasteiger partial charge in [-0.25, -0.2) is 9.59 Å². The second-order valence-corrected chi connectivity index (χ2v) is 19.8. The van der Waals surface area contributed by atoms with Gasteiger partial charge in [-0.1, -0.05) is 84.9 Å². The molecule has 11 N–H and O–H groups in total. The van der Waals surface area contributed by atoms with E-state index in [2.05, 4.69) is 21.3 Å². The Hall–Kier alpha value is -8.25. The zero-order valence-corrected chi connectivity index (χ0v) is 43.8. The largest absolute Gasteiger partial charge is 0.507 e. The number of anilines is 1. The maximum atomic E-state index is 14.1. The van der Waals surface area contributed by atoms with Crippen LogP contribution in [0, 0.1) is 0 Å². The van der Waals surface area contributed by atoms with Crippen molar-refractivity contribution in [1.82, 2.24) is 16.0 Å². The number of amides is 4. The molecular formula is C58H63N5O17. The van der Waals surface area contributed by atoms with E-state index in [-0.39, 0.29) is 60.5 Å². The Bertz CT molecular complexity index is 3110. The molecule has 5 aromatic carbocycles. The molecule has 0 aromatic heterocycles. The number of aliphatic hydroxyl groups excluding tert-OH is 2. The van der Waals surface area contributed by atoms with Gasteiger partial charge in [0.05, 0.1) is 42.0 Å². The predicted molar refractivity (Wildman–Crippen MR) is 284 cm³/mol. The first-order chi connectivity index (χ1) is 38.4. The zero-order chi connectivity index (χ0) is 57.3. The summed E-state index contributed by atoms with van der Waals surface area (Å²) < 4.78 is 28.5. The molecular weight excluding hydrogens is 1040 g/mol. The number of carbonyl (C=O) groups is 7. The maximum absolute atomic E-state index is 14.1. The smallest absolute Gasteiger partial charge is 0.408 e. The number of nitrogens with one attached hydrogen (secondary N) is 4. The van der Waals surface area contributed by atoms with E-state index < -0.39 is 132 Å². The molecule has 5 aromatic rings. The van der Waals surface area contributed by atoms with Crippen LogP contribution in [0.15, 0.2) is 103 Å². The van der Waals surface area contributed by atoms with Gasteiger partial charge in [-0.15, -0.1) is 0 Å². The van der Waals surface area contributed by atoms with Crippen molar-refractivity contribution in [3.8, 4) is 17.2 Å². The number of methoxy groups -OCH3 is 1. The Morgan fingerprint density at radius 1 is 0.762 bits per heavy atom. The molecule has 4 amide bonds. The normalized spacial score (nSPS) is 20.9. The van der Waals surface area contributed by atoms with Gasteiger partial charge in [0.1, 0.15) is 60.9 Å². The number of carbonyl (C=O) groups excluding carboxylic acids is 7. The van der Waals surface area contributed by atoms with Crippen molar-refractivity contribution in [2.75, 3.05) is 25.6 Å². The number of hydrogen-bond donors (Lipinski definition) is 10. The van der Waals surface area contributed by atoms with Gasteiger partial charge < -0.3 is 76.2 Å². The minimum atomic E-state index is -2.41. The molecule has 8 atom stereocenters. The number of benzene rings is 5. The van der Waals surface area contributed by atoms with Crippen molar-refractivity contribution < 1.29 is 82.8 Å². The van der Waals surface area contributed by atoms with E-state index in [9.17, 15) is 59.1 Å². The summed E-state index contributed by atoms with van der Waals surface area (Å²) in [4.78, 5) is 95.0. The van der Waals surface area contributed by atoms with Gasteiger partial charge in [0.25, 0.3) is 0 Å². The number of rotatable bonds is 21. The highest BCUT2D eigenvalue weighted by Crippen LogP contribution is 2.52. The lowest BCUT2D eigenvalue weighted by Crippen LogP contribution is -2.56. The van der Waals surface area contributed by atoms with E-state index >= 15 is 0 Å². The van der Waals surface area contributed by atoms with Crippen LogP contribution < -0.4 is 31.7 Å². The number of ether oxygens (including phenoxy) is 5. The molecule has 4 unspecified atom stereocenters. The van der Waals surface area contributed by atoms with Gasteiger partial charge >= 0.3 is 12.2 Å². The summed E-state index contributed by atoms with van der Waals surface area (Å²) in [5.41, 5.74) is 3.76. The van der Waals surface area contributed by atoms with Crippen molar-refractivity contribution in [2.24, 2.45) is 5.73 Å². The second kappa shape index (κ2) is 25.7. The maximum Gasteiger partial charge on any atom is 0.408 e. The van der Waals surface area contributed by atoms with E-state index in [0.29, 0.717) is 30.6 Å². The highest BCUT2D eigenvalue weighted by atomic mass is 16.7. The first-order valence-electron chi connectivity index (χ1n) is 26.0. The Labute approximate surface area is 459 Å². The Balaban J connectivity index is 0.903. The molecule has 22 heteroatoms. The lowest BCUT2D eigenvalue weighted by atomic mass is 9.72. The van der Waals surface area contributed by atoms with Crippen LogP contribution in [0.4, 0.5) is 15.3 Å². The fourth-order valence-electron chi connectivity index (χ4n) is 10.1. The van der Waals surface area contributed by atoms with Gasteiger partial charge in [0, 0.05) is 48.1 Å². The molecule has 22 nitrogen and oxygen atoms in total. The fourth-order valence-corrected chi connectivity index (χ4v) is 10.1. The number of aromatic hydroxyl groups is 2. The van der Waals surface area contributed by atoms with Crippen molar-refractivity contribution in [2.45, 2.75) is 113 Å². The van der Waals surface area contributed by atoms with E-state index in [4.69, 9.17) is 29.4 Å². The second-order valence-electron chi connectivity index (χ2n) is 19.8. The molecule has 8 rings (SSSR count). The number of phenols is 2. The molecule has 3 aliphatic rings. The average molecular weight is 1100 g/mol. The monoisotopic (exact) mass is 1100 g/mol. The minimum Gasteiger partial charge on any atom is -0.507 e. The quantitative estimate of drug-likeness (QED) is 0.0359. The average Bonchev–Trinajstić information content (AvgIpc) is 3.59. The van der Waals surface area contributed by atoms with Crippen LogP contribution in [0.1, 0.15) is 105 Å². The van der Waals surface area contributed by atoms with E-state index in [1.165, 1.54) is 32.2 Å². The highest BCUT2D eigenvalue weighted by molar-refractivity contribution is 6.31. The molecule has 80 heavy (non-hydrogen) atoms. The van der Waals surface area contributed by atoms with Crippen LogP contribution in [0.3, 0.4) is 0 Å². The Kier molecular flexibility index (Phi) is 18.6. The molecule has 1 heterocycles. The third-order valence-electron chi connectivity index (χ3n) is 14.3. The number of hydrogen-bond acceptors (Lipinski definition) is 18. The van der Waals surface area contributed by atoms with Crippen molar-refractivity contribution in [3.05, 3.63) is 153 Å². The number of aliphatic hydroxyl groups is 3. The molecule has 422 valence electrons. The number of unbranched alkanes of at least 4 members (excludes halogenated alkanes) is 1. The third-order valence-corrected chi connectivity index (χ3v) is 14.3. The van der Waals surface area contributed by atoms with Crippen molar-refractivity contribution in [1.29, 1.82) is 0 Å². The Morgan fingerprint density at radius 3 is 2.08 bits per heavy atom. The van der Waals surface area contributed by atoms with Crippen LogP contribution in [-0.2, 0) is 59.4 Å². The van der Waals surface area contributed by atoms with Gasteiger partial charge in [-0.2, -0.15) is 0 Å². The minimum absolute atomic E-state index is 0.0205. The topological polar surface area (TPSA) is 341 Å². The zero-order valence-electron chi connectivity index (χ0n) is 43.8. The highest BCUT2D eigenvalue weighted by Gasteiger charge is 2.50. The number of Topliss-reactive ketones (excluding diaryl/α,β-unsaturated/α-hetero) is 1. The van der Waals surface area contributed by atoms with Gasteiger partial charge in [0.15, 0.2) is 17.9 Å². The van der Waals surface area contributed by atoms with Crippen molar-refractivity contribution in [3.63, 3.8) is 0 Å². The predicted octanol–water partition coefficient (Wildman–Crippen LogP) is 4.06. The first kappa shape index (κ1) is 57.9. The fraction of sp³-hybridized carbons (Fsp3) is 0.362. The summed E-state index contributed by atoms with van der Waals surface area (Å²) in [6.45, 7) is 0.440. The molecule has 2 aliphatic carbocycles. The molecule has 0 saturated carbocycles. The summed E-state index contributed by atoms with van der Waals surface area (Å²) in [5.74, 6) is -5.44. The molecule has 1 aliphatic heterocycles. The van der Waals surface area contributed by atoms with Crippen LogP contribution in [0.25, 0.3) is 0 Å². The third kappa shape index (κ3) is 13.1. The summed E-state index contributed by atoms with van der Waals surface area (Å²) >= 11 is 0. The Morgan fingerprint density at radius 2 is 1.41 bits per heavy atom. The lowest BCUT2D eigenvalue weighted by Gasteiger charge is -2.42. The lowest BCUT2D eigenvalue weighted by molar-refractivity contribution is -0.249. The van der Waals surface area contributed by atoms with E-state index in [1.807, 2.05) is 36.4 Å². The molecule has 1 saturated heterocycles. The number of nitrogens with two attached hydrogens (primary N) is 1. The van der Waals surface area contributed by atoms with Crippen molar-refractivity contribution >= 4 is 47.0 Å². The van der Waals surface area contributed by atoms with Crippen LogP contribution in [0.2, 0.25) is 0 Å². The van der Waals surface area contributed by atoms with E-state index in [1.54, 1.807) is 48.5 Å². The first-order valence-corrected chi connectivity index (χ1v) is 26.0. The summed E-state index contributed by atoms with van der Waals surface area (Å²) in [5, 5.41) is 67.2. The molecule has 0 bridgehead atoms. The standard InChI is InChI=1S/C58H63N5O17/c1-31-49(66)39(25-44(79-31)80-42-27-58(75,43(65)28-64)26-37-46(42)53(70)48-47(51(37)68)50(67)36-16-11-18-41(76-2)45(36)52(48)69)62-56(73)78-30-34-19-21-35(22-20-34)60-54(71)38(17-9-10-23-59)61-55(72)40(24-32-12-5-3-6-13-32)63-57(74)77-29-33-14-7-4-8-15-33/h3-8,11-16,18-22,31,38-40,42,44,49,64,66,68,70,75H,9-10,17,23-30,59H2,1-2H3,(H,60,71)(H,61,72)(H,62,73)(H,63,74)/t31?,38-,39?,40-,42-,44?,49?,58-/m0/s1. The summed E-state index contributed by atoms with van der Waals surface area (Å²) in [7, 11) is 1.29.